The van der Waals surface area contributed by atoms with Gasteiger partial charge in [0, 0.05) is 0 Å². The predicted octanol–water partition coefficient (Wildman–Crippen LogP) is -1.71. The number of aliphatic hydroxyl groups is 7. The molecule has 1 heterocycles. The third kappa shape index (κ3) is 8.71. The van der Waals surface area contributed by atoms with Crippen LogP contribution in [0.4, 0.5) is 0 Å². The van der Waals surface area contributed by atoms with Crippen LogP contribution in [0.3, 0.4) is 0 Å². The van der Waals surface area contributed by atoms with Gasteiger partial charge in [-0.3, -0.25) is 0 Å². The zero-order chi connectivity index (χ0) is 33.7. The lowest BCUT2D eigenvalue weighted by Gasteiger charge is -2.38. The Morgan fingerprint density at radius 1 is 0.778 bits per heavy atom. The van der Waals surface area contributed by atoms with Gasteiger partial charge in [-0.1, -0.05) is 26.0 Å². The number of hydrogen-bond acceptors (Lipinski definition) is 14. The standard InChI is InChI=1S/C29H38O16/c1-11(7-13-3-5-17(15(30)9-13)43-28(42)23(36)20(33)22(35)26(38)39)12(2)8-14-4-6-18(16(31)10-14)44-29-24(37)19(32)21(34)25(45-29)27(40)41/h3-6,9-12,19-25,28-37,42H,7-8H2,1-2H3,(H,38,39)(H,40,41)/t11-,12+,19+,20-,21+,22+,23+,24-,25+,28+,29-/m1/s1. The Labute approximate surface area is 256 Å². The molecular weight excluding hydrogens is 604 g/mol. The third-order valence-electron chi connectivity index (χ3n) is 7.66. The topological polar surface area (TPSA) is 284 Å². The molecule has 11 atom stereocenters. The van der Waals surface area contributed by atoms with E-state index < -0.39 is 73.0 Å². The fourth-order valence-electron chi connectivity index (χ4n) is 4.70. The van der Waals surface area contributed by atoms with Gasteiger partial charge >= 0.3 is 11.9 Å². The van der Waals surface area contributed by atoms with Crippen LogP contribution in [-0.4, -0.2) is 123 Å². The highest BCUT2D eigenvalue weighted by Crippen LogP contribution is 2.34. The molecule has 250 valence electrons. The molecule has 45 heavy (non-hydrogen) atoms. The number of phenols is 2. The lowest BCUT2D eigenvalue weighted by Crippen LogP contribution is -2.61. The van der Waals surface area contributed by atoms with E-state index >= 15 is 0 Å². The summed E-state index contributed by atoms with van der Waals surface area (Å²) in [6, 6.07) is 8.69. The minimum atomic E-state index is -2.38. The molecule has 3 rings (SSSR count). The normalized spacial score (nSPS) is 25.8. The SMILES string of the molecule is C[C@H](Cc1ccc(O[C@H](O)[C@@H](O)[C@H](O)[C@H](O)C(=O)O)c(O)c1)[C@@H](C)Cc1ccc(O[C@@H]2O[C@H](C(=O)O)[C@@H](O)[C@H](O)[C@H]2O)c(O)c1. The Morgan fingerprint density at radius 2 is 1.29 bits per heavy atom. The molecule has 1 fully saturated rings. The Balaban J connectivity index is 1.58. The monoisotopic (exact) mass is 642 g/mol. The summed E-state index contributed by atoms with van der Waals surface area (Å²) < 4.78 is 15.5. The molecule has 0 bridgehead atoms. The minimum absolute atomic E-state index is 0.0287. The van der Waals surface area contributed by atoms with E-state index in [-0.39, 0.29) is 29.1 Å². The number of aromatic hydroxyl groups is 2. The van der Waals surface area contributed by atoms with Crippen LogP contribution < -0.4 is 9.47 Å². The minimum Gasteiger partial charge on any atom is -0.504 e. The number of benzene rings is 2. The van der Waals surface area contributed by atoms with E-state index in [0.717, 1.165) is 0 Å². The number of hydrogen-bond donors (Lipinski definition) is 11. The van der Waals surface area contributed by atoms with Crippen LogP contribution in [0.2, 0.25) is 0 Å². The molecule has 0 amide bonds. The Hall–Kier alpha value is -3.74. The smallest absolute Gasteiger partial charge is 0.335 e. The van der Waals surface area contributed by atoms with Crippen molar-refractivity contribution in [3.8, 4) is 23.0 Å². The van der Waals surface area contributed by atoms with Gasteiger partial charge in [0.2, 0.25) is 12.6 Å². The molecular formula is C29H38O16. The van der Waals surface area contributed by atoms with Crippen molar-refractivity contribution in [2.24, 2.45) is 11.8 Å². The lowest BCUT2D eigenvalue weighted by molar-refractivity contribution is -0.271. The summed E-state index contributed by atoms with van der Waals surface area (Å²) in [5.74, 6) is -4.50. The molecule has 0 spiro atoms. The van der Waals surface area contributed by atoms with E-state index in [1.165, 1.54) is 24.3 Å². The van der Waals surface area contributed by atoms with Gasteiger partial charge in [0.1, 0.15) is 30.5 Å². The van der Waals surface area contributed by atoms with Crippen LogP contribution in [0.5, 0.6) is 23.0 Å². The van der Waals surface area contributed by atoms with Gasteiger partial charge in [-0.25, -0.2) is 9.59 Å². The fraction of sp³-hybridized carbons (Fsp3) is 0.517. The molecule has 0 saturated carbocycles. The zero-order valence-electron chi connectivity index (χ0n) is 24.2. The maximum absolute atomic E-state index is 11.3. The highest BCUT2D eigenvalue weighted by molar-refractivity contribution is 5.73. The molecule has 0 radical (unpaired) electrons. The van der Waals surface area contributed by atoms with Crippen molar-refractivity contribution in [2.45, 2.75) is 82.0 Å². The molecule has 16 nitrogen and oxygen atoms in total. The molecule has 11 N–H and O–H groups in total. The zero-order valence-corrected chi connectivity index (χ0v) is 24.2. The summed E-state index contributed by atoms with van der Waals surface area (Å²) in [4.78, 5) is 22.1. The summed E-state index contributed by atoms with van der Waals surface area (Å²) in [5.41, 5.74) is 1.39. The highest BCUT2D eigenvalue weighted by Gasteiger charge is 2.48. The van der Waals surface area contributed by atoms with Crippen molar-refractivity contribution < 1.29 is 80.0 Å². The van der Waals surface area contributed by atoms with Crippen molar-refractivity contribution >= 4 is 11.9 Å². The van der Waals surface area contributed by atoms with Crippen LogP contribution in [0, 0.1) is 11.8 Å². The largest absolute Gasteiger partial charge is 0.504 e. The van der Waals surface area contributed by atoms with Crippen molar-refractivity contribution in [1.29, 1.82) is 0 Å². The van der Waals surface area contributed by atoms with Crippen molar-refractivity contribution in [3.05, 3.63) is 47.5 Å². The average Bonchev–Trinajstić information content (AvgIpc) is 2.98. The van der Waals surface area contributed by atoms with Crippen molar-refractivity contribution in [2.75, 3.05) is 0 Å². The number of carbonyl (C=O) groups is 2. The quantitative estimate of drug-likeness (QED) is 0.102. The van der Waals surface area contributed by atoms with E-state index in [1.54, 1.807) is 12.1 Å². The lowest BCUT2D eigenvalue weighted by atomic mass is 9.85. The first-order valence-corrected chi connectivity index (χ1v) is 13.9. The van der Waals surface area contributed by atoms with Crippen LogP contribution in [0.1, 0.15) is 25.0 Å². The van der Waals surface area contributed by atoms with Crippen molar-refractivity contribution in [1.82, 2.24) is 0 Å². The summed E-state index contributed by atoms with van der Waals surface area (Å²) in [5, 5.41) is 108. The van der Waals surface area contributed by atoms with E-state index in [0.29, 0.717) is 24.0 Å². The second-order valence-corrected chi connectivity index (χ2v) is 11.1. The summed E-state index contributed by atoms with van der Waals surface area (Å²) in [6.07, 6.45) is -17.1. The summed E-state index contributed by atoms with van der Waals surface area (Å²) in [7, 11) is 0. The number of aliphatic carboxylic acids is 2. The number of rotatable bonds is 14. The second kappa shape index (κ2) is 15.0. The Bertz CT molecular complexity index is 1320. The maximum atomic E-state index is 11.3. The number of carboxylic acids is 2. The fourth-order valence-corrected chi connectivity index (χ4v) is 4.70. The molecule has 0 aliphatic carbocycles. The number of phenolic OH excluding ortho intramolecular Hbond substituents is 2. The number of carboxylic acid groups (broad SMARTS) is 2. The van der Waals surface area contributed by atoms with Crippen LogP contribution >= 0.6 is 0 Å². The molecule has 1 aliphatic rings. The van der Waals surface area contributed by atoms with E-state index in [2.05, 4.69) is 0 Å². The summed E-state index contributed by atoms with van der Waals surface area (Å²) in [6.45, 7) is 3.92. The third-order valence-corrected chi connectivity index (χ3v) is 7.66. The van der Waals surface area contributed by atoms with Gasteiger partial charge in [-0.15, -0.1) is 0 Å². The van der Waals surface area contributed by atoms with Crippen LogP contribution in [0.25, 0.3) is 0 Å². The first kappa shape index (κ1) is 35.7. The first-order chi connectivity index (χ1) is 21.0. The molecule has 2 aromatic carbocycles. The van der Waals surface area contributed by atoms with Crippen LogP contribution in [0.15, 0.2) is 36.4 Å². The van der Waals surface area contributed by atoms with Gasteiger partial charge in [-0.2, -0.15) is 0 Å². The molecule has 1 saturated heterocycles. The Kier molecular flexibility index (Phi) is 11.9. The molecule has 0 unspecified atom stereocenters. The van der Waals surface area contributed by atoms with Crippen LogP contribution in [-0.2, 0) is 27.2 Å². The van der Waals surface area contributed by atoms with Gasteiger partial charge < -0.3 is 70.4 Å². The van der Waals surface area contributed by atoms with Gasteiger partial charge in [-0.05, 0) is 60.1 Å². The van der Waals surface area contributed by atoms with Gasteiger partial charge in [0.05, 0.1) is 0 Å². The van der Waals surface area contributed by atoms with Crippen molar-refractivity contribution in [3.63, 3.8) is 0 Å². The highest BCUT2D eigenvalue weighted by atomic mass is 16.7. The van der Waals surface area contributed by atoms with E-state index in [9.17, 15) is 60.7 Å². The van der Waals surface area contributed by atoms with Gasteiger partial charge in [0.15, 0.2) is 35.2 Å². The summed E-state index contributed by atoms with van der Waals surface area (Å²) >= 11 is 0. The second-order valence-electron chi connectivity index (χ2n) is 11.1. The average molecular weight is 643 g/mol. The maximum Gasteiger partial charge on any atom is 0.335 e. The molecule has 2 aromatic rings. The first-order valence-electron chi connectivity index (χ1n) is 13.9. The molecule has 1 aliphatic heterocycles. The molecule has 16 heteroatoms. The Morgan fingerprint density at radius 3 is 1.76 bits per heavy atom. The van der Waals surface area contributed by atoms with E-state index in [4.69, 9.17) is 19.3 Å². The van der Waals surface area contributed by atoms with Gasteiger partial charge in [0.25, 0.3) is 0 Å². The van der Waals surface area contributed by atoms with E-state index in [1.807, 2.05) is 13.8 Å². The number of ether oxygens (including phenoxy) is 3. The number of aliphatic hydroxyl groups excluding tert-OH is 7. The predicted molar refractivity (Wildman–Crippen MR) is 149 cm³/mol. The molecule has 0 aromatic heterocycles.